The van der Waals surface area contributed by atoms with Gasteiger partial charge in [-0.2, -0.15) is 0 Å². The lowest BCUT2D eigenvalue weighted by Crippen LogP contribution is -2.28. The molecule has 60 heavy (non-hydrogen) atoms. The van der Waals surface area contributed by atoms with E-state index in [1.165, 1.54) is 77.5 Å². The van der Waals surface area contributed by atoms with Crippen molar-refractivity contribution < 1.29 is 0 Å². The van der Waals surface area contributed by atoms with Crippen molar-refractivity contribution in [2.24, 2.45) is 0 Å². The molecule has 0 saturated carbocycles. The molecule has 1 aliphatic rings. The fourth-order valence-electron chi connectivity index (χ4n) is 9.83. The second-order valence-electron chi connectivity index (χ2n) is 15.6. The summed E-state index contributed by atoms with van der Waals surface area (Å²) in [5.74, 6) is 0. The molecule has 0 saturated heterocycles. The summed E-state index contributed by atoms with van der Waals surface area (Å²) >= 11 is 0. The fraction of sp³-hybridized carbons (Fsp3) is 0.0169. The van der Waals surface area contributed by atoms with Gasteiger partial charge in [0.15, 0.2) is 0 Å². The van der Waals surface area contributed by atoms with Crippen LogP contribution in [0.4, 0.5) is 17.1 Å². The van der Waals surface area contributed by atoms with Crippen LogP contribution < -0.4 is 4.90 Å². The van der Waals surface area contributed by atoms with Gasteiger partial charge < -0.3 is 4.90 Å². The minimum Gasteiger partial charge on any atom is -0.310 e. The van der Waals surface area contributed by atoms with E-state index < -0.39 is 5.41 Å². The van der Waals surface area contributed by atoms with Gasteiger partial charge in [-0.05, 0) is 102 Å². The van der Waals surface area contributed by atoms with Crippen LogP contribution in [0.15, 0.2) is 249 Å². The van der Waals surface area contributed by atoms with Gasteiger partial charge in [0.1, 0.15) is 0 Å². The van der Waals surface area contributed by atoms with Crippen LogP contribution in [0, 0.1) is 0 Å². The molecule has 11 rings (SSSR count). The largest absolute Gasteiger partial charge is 0.310 e. The summed E-state index contributed by atoms with van der Waals surface area (Å²) in [4.78, 5) is 2.40. The van der Waals surface area contributed by atoms with Crippen LogP contribution in [-0.2, 0) is 5.41 Å². The molecular formula is C59H41N. The Labute approximate surface area is 352 Å². The summed E-state index contributed by atoms with van der Waals surface area (Å²) in [6.07, 6.45) is 0. The maximum Gasteiger partial charge on any atom is 0.0713 e. The molecule has 0 fully saturated rings. The van der Waals surface area contributed by atoms with Gasteiger partial charge in [0, 0.05) is 16.9 Å². The summed E-state index contributed by atoms with van der Waals surface area (Å²) in [5, 5.41) is 2.47. The van der Waals surface area contributed by atoms with E-state index >= 15 is 0 Å². The van der Waals surface area contributed by atoms with Gasteiger partial charge in [0.25, 0.3) is 0 Å². The summed E-state index contributed by atoms with van der Waals surface area (Å²) in [6.45, 7) is 0. The van der Waals surface area contributed by atoms with Gasteiger partial charge in [-0.1, -0.05) is 218 Å². The highest BCUT2D eigenvalue weighted by Crippen LogP contribution is 2.58. The molecule has 0 atom stereocenters. The average Bonchev–Trinajstić information content (AvgIpc) is 3.64. The lowest BCUT2D eigenvalue weighted by Gasteiger charge is -2.34. The molecule has 0 spiro atoms. The molecule has 10 aromatic carbocycles. The highest BCUT2D eigenvalue weighted by molar-refractivity contribution is 6.07. The lowest BCUT2D eigenvalue weighted by atomic mass is 9.67. The van der Waals surface area contributed by atoms with E-state index in [1.807, 2.05) is 0 Å². The van der Waals surface area contributed by atoms with Crippen molar-refractivity contribution in [3.8, 4) is 44.5 Å². The molecule has 0 N–H and O–H groups in total. The first-order chi connectivity index (χ1) is 29.8. The standard InChI is InChI=1S/C59H41N/c1-5-20-42(21-6-1)48-40-41-52(51-29-14-13-28-50(48)51)53-30-16-18-35-57(53)60(46-26-11-4-12-27-46)47-38-36-43(37-39-47)49-32-19-34-56-58(49)54-31-15-17-33-55(54)59(56,44-22-7-2-8-23-44)45-24-9-3-10-25-45/h1-41H. The topological polar surface area (TPSA) is 3.24 Å². The Kier molecular flexibility index (Phi) is 8.79. The number of rotatable bonds is 8. The number of fused-ring (bicyclic) bond motifs is 4. The first-order valence-electron chi connectivity index (χ1n) is 20.8. The third kappa shape index (κ3) is 5.70. The Balaban J connectivity index is 1.06. The van der Waals surface area contributed by atoms with Crippen molar-refractivity contribution in [2.45, 2.75) is 5.41 Å². The van der Waals surface area contributed by atoms with E-state index in [9.17, 15) is 0 Å². The Morgan fingerprint density at radius 1 is 0.267 bits per heavy atom. The normalized spacial score (nSPS) is 12.5. The van der Waals surface area contributed by atoms with Crippen molar-refractivity contribution >= 4 is 27.8 Å². The Bertz CT molecular complexity index is 3080. The number of para-hydroxylation sites is 2. The van der Waals surface area contributed by atoms with E-state index in [0.29, 0.717) is 0 Å². The molecule has 0 bridgehead atoms. The highest BCUT2D eigenvalue weighted by atomic mass is 15.1. The molecular weight excluding hydrogens is 723 g/mol. The quantitative estimate of drug-likeness (QED) is 0.149. The molecule has 1 heteroatoms. The van der Waals surface area contributed by atoms with E-state index in [4.69, 9.17) is 0 Å². The predicted octanol–water partition coefficient (Wildman–Crippen LogP) is 15.7. The Morgan fingerprint density at radius 2 is 0.733 bits per heavy atom. The fourth-order valence-corrected chi connectivity index (χ4v) is 9.83. The molecule has 0 amide bonds. The minimum absolute atomic E-state index is 0.443. The van der Waals surface area contributed by atoms with Crippen molar-refractivity contribution in [2.75, 3.05) is 4.90 Å². The van der Waals surface area contributed by atoms with Crippen LogP contribution in [0.25, 0.3) is 55.3 Å². The number of benzene rings is 10. The van der Waals surface area contributed by atoms with Crippen LogP contribution in [0.2, 0.25) is 0 Å². The molecule has 0 aromatic heterocycles. The van der Waals surface area contributed by atoms with Gasteiger partial charge in [-0.25, -0.2) is 0 Å². The van der Waals surface area contributed by atoms with Gasteiger partial charge in [-0.3, -0.25) is 0 Å². The molecule has 0 unspecified atom stereocenters. The van der Waals surface area contributed by atoms with Crippen LogP contribution in [0.3, 0.4) is 0 Å². The van der Waals surface area contributed by atoms with Gasteiger partial charge in [0.05, 0.1) is 11.1 Å². The zero-order valence-corrected chi connectivity index (χ0v) is 33.1. The number of hydrogen-bond acceptors (Lipinski definition) is 1. The van der Waals surface area contributed by atoms with E-state index in [0.717, 1.165) is 17.1 Å². The second-order valence-corrected chi connectivity index (χ2v) is 15.6. The molecule has 0 heterocycles. The zero-order valence-electron chi connectivity index (χ0n) is 33.1. The lowest BCUT2D eigenvalue weighted by molar-refractivity contribution is 0.768. The van der Waals surface area contributed by atoms with Crippen molar-refractivity contribution in [1.82, 2.24) is 0 Å². The van der Waals surface area contributed by atoms with Crippen molar-refractivity contribution in [3.05, 3.63) is 271 Å². The summed E-state index contributed by atoms with van der Waals surface area (Å²) in [5.41, 5.74) is 17.9. The highest BCUT2D eigenvalue weighted by Gasteiger charge is 2.46. The second kappa shape index (κ2) is 14.9. The van der Waals surface area contributed by atoms with Crippen LogP contribution in [0.5, 0.6) is 0 Å². The maximum atomic E-state index is 2.40. The Morgan fingerprint density at radius 3 is 1.42 bits per heavy atom. The number of nitrogens with zero attached hydrogens (tertiary/aromatic N) is 1. The van der Waals surface area contributed by atoms with Gasteiger partial charge in [-0.15, -0.1) is 0 Å². The smallest absolute Gasteiger partial charge is 0.0713 e. The average molecular weight is 764 g/mol. The summed E-state index contributed by atoms with van der Waals surface area (Å²) in [6, 6.07) is 90.8. The third-order valence-electron chi connectivity index (χ3n) is 12.4. The number of hydrogen-bond donors (Lipinski definition) is 0. The molecule has 0 aliphatic heterocycles. The SMILES string of the molecule is c1ccc(-c2ccc(-c3ccccc3N(c3ccccc3)c3ccc(-c4cccc5c4-c4ccccc4C5(c4ccccc4)c4ccccc4)cc3)c3ccccc23)cc1. The zero-order chi connectivity index (χ0) is 39.9. The maximum absolute atomic E-state index is 2.40. The van der Waals surface area contributed by atoms with Crippen LogP contribution in [-0.4, -0.2) is 0 Å². The first kappa shape index (κ1) is 35.4. The molecule has 10 aromatic rings. The molecule has 1 aliphatic carbocycles. The molecule has 1 nitrogen and oxygen atoms in total. The summed E-state index contributed by atoms with van der Waals surface area (Å²) < 4.78 is 0. The molecule has 282 valence electrons. The van der Waals surface area contributed by atoms with Crippen molar-refractivity contribution in [1.29, 1.82) is 0 Å². The summed E-state index contributed by atoms with van der Waals surface area (Å²) in [7, 11) is 0. The van der Waals surface area contributed by atoms with Gasteiger partial charge in [0.2, 0.25) is 0 Å². The number of anilines is 3. The van der Waals surface area contributed by atoms with E-state index in [2.05, 4.69) is 254 Å². The van der Waals surface area contributed by atoms with Crippen LogP contribution in [0.1, 0.15) is 22.3 Å². The predicted molar refractivity (Wildman–Crippen MR) is 252 cm³/mol. The minimum atomic E-state index is -0.443. The molecule has 0 radical (unpaired) electrons. The first-order valence-corrected chi connectivity index (χ1v) is 20.8. The third-order valence-corrected chi connectivity index (χ3v) is 12.4. The Hall–Kier alpha value is -7.74. The van der Waals surface area contributed by atoms with Crippen molar-refractivity contribution in [3.63, 3.8) is 0 Å². The van der Waals surface area contributed by atoms with Crippen LogP contribution >= 0.6 is 0 Å². The van der Waals surface area contributed by atoms with Gasteiger partial charge >= 0.3 is 0 Å². The van der Waals surface area contributed by atoms with E-state index in [1.54, 1.807) is 0 Å². The van der Waals surface area contributed by atoms with E-state index in [-0.39, 0.29) is 0 Å². The monoisotopic (exact) mass is 763 g/mol.